The lowest BCUT2D eigenvalue weighted by molar-refractivity contribution is 0.901. The molecule has 2 heteroatoms. The lowest BCUT2D eigenvalue weighted by atomic mass is 10.1. The van der Waals surface area contributed by atoms with Gasteiger partial charge in [0.05, 0.1) is 17.2 Å². The van der Waals surface area contributed by atoms with Gasteiger partial charge in [0.1, 0.15) is 0 Å². The molecule has 1 aliphatic rings. The lowest BCUT2D eigenvalue weighted by Gasteiger charge is -2.05. The molecule has 0 atom stereocenters. The molecule has 1 aromatic carbocycles. The molecule has 82 valence electrons. The molecule has 2 heterocycles. The van der Waals surface area contributed by atoms with Crippen LogP contribution in [-0.4, -0.2) is 9.97 Å². The Labute approximate surface area is 99.3 Å². The van der Waals surface area contributed by atoms with E-state index in [9.17, 15) is 0 Å². The van der Waals surface area contributed by atoms with Gasteiger partial charge in [0.25, 0.3) is 0 Å². The zero-order valence-electron chi connectivity index (χ0n) is 9.48. The number of hydrogen-bond donors (Lipinski definition) is 0. The van der Waals surface area contributed by atoms with E-state index >= 15 is 0 Å². The first-order chi connectivity index (χ1) is 8.42. The number of fused-ring (bicyclic) bond motifs is 4. The highest BCUT2D eigenvalue weighted by molar-refractivity contribution is 6.04. The van der Waals surface area contributed by atoms with Crippen LogP contribution in [0.2, 0.25) is 0 Å². The molecule has 0 saturated carbocycles. The minimum absolute atomic E-state index is 1.03. The predicted octanol–water partition coefficient (Wildman–Crippen LogP) is 3.27. The van der Waals surface area contributed by atoms with Crippen LogP contribution >= 0.6 is 0 Å². The third-order valence-electron chi connectivity index (χ3n) is 3.60. The average Bonchev–Trinajstić information content (AvgIpc) is 2.83. The Morgan fingerprint density at radius 3 is 2.88 bits per heavy atom. The van der Waals surface area contributed by atoms with Crippen molar-refractivity contribution >= 4 is 21.8 Å². The zero-order valence-corrected chi connectivity index (χ0v) is 9.48. The largest absolute Gasteiger partial charge is 0.254 e. The lowest BCUT2D eigenvalue weighted by Crippen LogP contribution is -1.91. The van der Waals surface area contributed by atoms with E-state index < -0.39 is 0 Å². The van der Waals surface area contributed by atoms with E-state index in [2.05, 4.69) is 29.2 Å². The summed E-state index contributed by atoms with van der Waals surface area (Å²) in [5.74, 6) is 0. The minimum atomic E-state index is 1.03. The molecule has 0 amide bonds. The van der Waals surface area contributed by atoms with Crippen LogP contribution in [0.3, 0.4) is 0 Å². The summed E-state index contributed by atoms with van der Waals surface area (Å²) in [4.78, 5) is 9.22. The average molecular weight is 220 g/mol. The molecule has 17 heavy (non-hydrogen) atoms. The van der Waals surface area contributed by atoms with Crippen LogP contribution in [0.4, 0.5) is 0 Å². The van der Waals surface area contributed by atoms with Gasteiger partial charge < -0.3 is 0 Å². The van der Waals surface area contributed by atoms with E-state index in [0.717, 1.165) is 17.5 Å². The normalized spacial score (nSPS) is 14.4. The highest BCUT2D eigenvalue weighted by atomic mass is 14.8. The van der Waals surface area contributed by atoms with Gasteiger partial charge in [0.15, 0.2) is 0 Å². The minimum Gasteiger partial charge on any atom is -0.254 e. The summed E-state index contributed by atoms with van der Waals surface area (Å²) >= 11 is 0. The first-order valence-electron chi connectivity index (χ1n) is 6.08. The fourth-order valence-corrected chi connectivity index (χ4v) is 2.75. The molecule has 2 aromatic heterocycles. The Bertz CT molecular complexity index is 731. The van der Waals surface area contributed by atoms with Gasteiger partial charge in [0.2, 0.25) is 0 Å². The van der Waals surface area contributed by atoms with Gasteiger partial charge in [-0.1, -0.05) is 18.2 Å². The molecule has 0 spiro atoms. The summed E-state index contributed by atoms with van der Waals surface area (Å²) in [6.07, 6.45) is 5.44. The maximum absolute atomic E-state index is 4.74. The molecule has 0 unspecified atom stereocenters. The predicted molar refractivity (Wildman–Crippen MR) is 69.1 cm³/mol. The maximum atomic E-state index is 4.74. The molecule has 0 bridgehead atoms. The molecule has 1 aliphatic carbocycles. The molecule has 0 saturated heterocycles. The van der Waals surface area contributed by atoms with E-state index in [0.29, 0.717) is 0 Å². The van der Waals surface area contributed by atoms with E-state index in [1.807, 2.05) is 12.3 Å². The second-order valence-corrected chi connectivity index (χ2v) is 4.66. The van der Waals surface area contributed by atoms with E-state index in [1.54, 1.807) is 0 Å². The molecule has 4 rings (SSSR count). The fraction of sp³-hybridized carbons (Fsp3) is 0.200. The van der Waals surface area contributed by atoms with Crippen LogP contribution < -0.4 is 0 Å². The van der Waals surface area contributed by atoms with Crippen LogP contribution in [-0.2, 0) is 12.8 Å². The summed E-state index contributed by atoms with van der Waals surface area (Å²) in [6, 6.07) is 10.6. The molecule has 0 radical (unpaired) electrons. The van der Waals surface area contributed by atoms with Crippen LogP contribution in [0.1, 0.15) is 17.7 Å². The summed E-state index contributed by atoms with van der Waals surface area (Å²) in [5.41, 5.74) is 4.78. The maximum Gasteiger partial charge on any atom is 0.0895 e. The van der Waals surface area contributed by atoms with E-state index in [4.69, 9.17) is 4.98 Å². The second-order valence-electron chi connectivity index (χ2n) is 4.66. The monoisotopic (exact) mass is 220 g/mol. The van der Waals surface area contributed by atoms with Crippen molar-refractivity contribution in [2.75, 3.05) is 0 Å². The molecular formula is C15H12N2. The van der Waals surface area contributed by atoms with E-state index in [-0.39, 0.29) is 0 Å². The van der Waals surface area contributed by atoms with Gasteiger partial charge >= 0.3 is 0 Å². The van der Waals surface area contributed by atoms with Gasteiger partial charge in [0, 0.05) is 16.5 Å². The quantitative estimate of drug-likeness (QED) is 0.543. The fourth-order valence-electron chi connectivity index (χ4n) is 2.75. The Kier molecular flexibility index (Phi) is 1.75. The van der Waals surface area contributed by atoms with Crippen LogP contribution in [0.5, 0.6) is 0 Å². The molecule has 0 N–H and O–H groups in total. The van der Waals surface area contributed by atoms with Crippen molar-refractivity contribution in [3.63, 3.8) is 0 Å². The SMILES string of the molecule is c1ccc2c(c1)ncc1nc3c(cc12)CCC3. The van der Waals surface area contributed by atoms with Gasteiger partial charge in [-0.25, -0.2) is 0 Å². The number of pyridine rings is 2. The number of para-hydroxylation sites is 1. The number of rotatable bonds is 0. The molecular weight excluding hydrogens is 208 g/mol. The van der Waals surface area contributed by atoms with Crippen molar-refractivity contribution in [2.45, 2.75) is 19.3 Å². The van der Waals surface area contributed by atoms with Gasteiger partial charge in [-0.05, 0) is 37.0 Å². The molecule has 0 aliphatic heterocycles. The summed E-state index contributed by atoms with van der Waals surface area (Å²) in [6.45, 7) is 0. The Morgan fingerprint density at radius 2 is 1.88 bits per heavy atom. The summed E-state index contributed by atoms with van der Waals surface area (Å²) in [7, 11) is 0. The van der Waals surface area contributed by atoms with Crippen molar-refractivity contribution in [1.29, 1.82) is 0 Å². The van der Waals surface area contributed by atoms with Crippen LogP contribution in [0.15, 0.2) is 36.5 Å². The van der Waals surface area contributed by atoms with Crippen molar-refractivity contribution in [2.24, 2.45) is 0 Å². The number of benzene rings is 1. The zero-order chi connectivity index (χ0) is 11.2. The summed E-state index contributed by atoms with van der Waals surface area (Å²) < 4.78 is 0. The van der Waals surface area contributed by atoms with Crippen molar-refractivity contribution < 1.29 is 0 Å². The van der Waals surface area contributed by atoms with Gasteiger partial charge in [-0.2, -0.15) is 0 Å². The van der Waals surface area contributed by atoms with Crippen molar-refractivity contribution in [3.05, 3.63) is 47.8 Å². The van der Waals surface area contributed by atoms with Gasteiger partial charge in [-0.15, -0.1) is 0 Å². The third kappa shape index (κ3) is 1.27. The number of nitrogens with zero attached hydrogens (tertiary/aromatic N) is 2. The number of hydrogen-bond acceptors (Lipinski definition) is 2. The Hall–Kier alpha value is -1.96. The third-order valence-corrected chi connectivity index (χ3v) is 3.60. The smallest absolute Gasteiger partial charge is 0.0895 e. The Balaban J connectivity index is 2.19. The topological polar surface area (TPSA) is 25.8 Å². The van der Waals surface area contributed by atoms with Crippen molar-refractivity contribution in [3.8, 4) is 0 Å². The first kappa shape index (κ1) is 9.11. The number of aryl methyl sites for hydroxylation is 2. The van der Waals surface area contributed by atoms with Crippen LogP contribution in [0, 0.1) is 0 Å². The first-order valence-corrected chi connectivity index (χ1v) is 6.08. The Morgan fingerprint density at radius 1 is 0.941 bits per heavy atom. The molecule has 2 nitrogen and oxygen atoms in total. The highest BCUT2D eigenvalue weighted by Gasteiger charge is 2.14. The second kappa shape index (κ2) is 3.27. The van der Waals surface area contributed by atoms with Crippen molar-refractivity contribution in [1.82, 2.24) is 9.97 Å². The molecule has 3 aromatic rings. The summed E-state index contributed by atoms with van der Waals surface area (Å²) in [5, 5.41) is 2.46. The standard InChI is InChI=1S/C15H12N2/c1-2-6-14-11(5-1)12-8-10-4-3-7-13(10)17-15(12)9-16-14/h1-2,5-6,8-9H,3-4,7H2. The van der Waals surface area contributed by atoms with E-state index in [1.165, 1.54) is 34.9 Å². The number of aromatic nitrogens is 2. The van der Waals surface area contributed by atoms with Gasteiger partial charge in [-0.3, -0.25) is 9.97 Å². The van der Waals surface area contributed by atoms with Crippen LogP contribution in [0.25, 0.3) is 21.8 Å². The highest BCUT2D eigenvalue weighted by Crippen LogP contribution is 2.28. The molecule has 0 fully saturated rings.